The lowest BCUT2D eigenvalue weighted by atomic mass is 9.74. The van der Waals surface area contributed by atoms with Crippen molar-refractivity contribution in [3.05, 3.63) is 0 Å². The first kappa shape index (κ1) is 7.56. The van der Waals surface area contributed by atoms with Gasteiger partial charge in [0.05, 0.1) is 0 Å². The zero-order valence-corrected chi connectivity index (χ0v) is 7.07. The Morgan fingerprint density at radius 1 is 1.00 bits per heavy atom. The van der Waals surface area contributed by atoms with Gasteiger partial charge < -0.3 is 10.1 Å². The van der Waals surface area contributed by atoms with Crippen molar-refractivity contribution in [1.82, 2.24) is 5.32 Å². The van der Waals surface area contributed by atoms with Gasteiger partial charge in [0, 0.05) is 26.3 Å². The number of hydrogen-bond donors (Lipinski definition) is 1. The number of ether oxygens (including phenoxy) is 1. The van der Waals surface area contributed by atoms with Gasteiger partial charge in [-0.3, -0.25) is 0 Å². The van der Waals surface area contributed by atoms with E-state index in [1.807, 2.05) is 0 Å². The summed E-state index contributed by atoms with van der Waals surface area (Å²) in [4.78, 5) is 0. The first-order valence-corrected chi connectivity index (χ1v) is 4.70. The molecule has 1 spiro atoms. The molecule has 0 radical (unpaired) electrons. The monoisotopic (exact) mass is 155 g/mol. The molecule has 0 amide bonds. The van der Waals surface area contributed by atoms with Crippen molar-refractivity contribution in [2.75, 3.05) is 26.3 Å². The third kappa shape index (κ3) is 1.57. The third-order valence-corrected chi connectivity index (χ3v) is 3.02. The molecule has 0 atom stereocenters. The van der Waals surface area contributed by atoms with E-state index in [0.29, 0.717) is 5.41 Å². The number of hydrogen-bond acceptors (Lipinski definition) is 2. The minimum Gasteiger partial charge on any atom is -0.381 e. The summed E-state index contributed by atoms with van der Waals surface area (Å²) in [5, 5.41) is 3.36. The molecule has 2 aliphatic rings. The Morgan fingerprint density at radius 2 is 1.91 bits per heavy atom. The van der Waals surface area contributed by atoms with Crippen LogP contribution in [0, 0.1) is 5.41 Å². The molecule has 2 fully saturated rings. The molecular formula is C9H17NO. The highest BCUT2D eigenvalue weighted by Crippen LogP contribution is 2.34. The second-order valence-electron chi connectivity index (χ2n) is 3.92. The minimum absolute atomic E-state index is 0.639. The second kappa shape index (κ2) is 3.11. The van der Waals surface area contributed by atoms with Crippen LogP contribution in [0.2, 0.25) is 0 Å². The molecule has 2 heteroatoms. The smallest absolute Gasteiger partial charge is 0.0472 e. The van der Waals surface area contributed by atoms with Crippen molar-refractivity contribution in [3.63, 3.8) is 0 Å². The van der Waals surface area contributed by atoms with Crippen LogP contribution in [0.1, 0.15) is 25.7 Å². The van der Waals surface area contributed by atoms with Crippen molar-refractivity contribution < 1.29 is 4.74 Å². The standard InChI is InChI=1S/C9H17NO/c1-2-5-11-6-4-9(3-1)7-10-8-9/h10H,1-8H2. The number of rotatable bonds is 0. The first-order chi connectivity index (χ1) is 5.41. The fraction of sp³-hybridized carbons (Fsp3) is 1.00. The molecule has 0 aromatic heterocycles. The van der Waals surface area contributed by atoms with Crippen molar-refractivity contribution >= 4 is 0 Å². The second-order valence-corrected chi connectivity index (χ2v) is 3.92. The lowest BCUT2D eigenvalue weighted by molar-refractivity contribution is 0.0361. The molecule has 0 unspecified atom stereocenters. The van der Waals surface area contributed by atoms with E-state index in [9.17, 15) is 0 Å². The SMILES string of the molecule is C1CCC2(CCOC1)CNC2. The molecule has 2 saturated heterocycles. The summed E-state index contributed by atoms with van der Waals surface area (Å²) in [6, 6.07) is 0. The van der Waals surface area contributed by atoms with Gasteiger partial charge in [-0.1, -0.05) is 6.42 Å². The van der Waals surface area contributed by atoms with Gasteiger partial charge in [-0.2, -0.15) is 0 Å². The van der Waals surface area contributed by atoms with E-state index in [4.69, 9.17) is 4.74 Å². The summed E-state index contributed by atoms with van der Waals surface area (Å²) < 4.78 is 5.48. The minimum atomic E-state index is 0.639. The van der Waals surface area contributed by atoms with Gasteiger partial charge in [0.2, 0.25) is 0 Å². The summed E-state index contributed by atoms with van der Waals surface area (Å²) in [5.41, 5.74) is 0.639. The molecule has 2 nitrogen and oxygen atoms in total. The van der Waals surface area contributed by atoms with E-state index in [0.717, 1.165) is 13.2 Å². The highest BCUT2D eigenvalue weighted by molar-refractivity contribution is 4.92. The van der Waals surface area contributed by atoms with Crippen molar-refractivity contribution in [2.24, 2.45) is 5.41 Å². The largest absolute Gasteiger partial charge is 0.381 e. The molecule has 1 N–H and O–H groups in total. The van der Waals surface area contributed by atoms with Crippen molar-refractivity contribution in [1.29, 1.82) is 0 Å². The molecule has 2 aliphatic heterocycles. The van der Waals surface area contributed by atoms with Crippen LogP contribution in [-0.2, 0) is 4.74 Å². The Morgan fingerprint density at radius 3 is 2.64 bits per heavy atom. The highest BCUT2D eigenvalue weighted by atomic mass is 16.5. The van der Waals surface area contributed by atoms with Crippen LogP contribution in [0.25, 0.3) is 0 Å². The lowest BCUT2D eigenvalue weighted by Gasteiger charge is -2.43. The van der Waals surface area contributed by atoms with Crippen LogP contribution in [0.15, 0.2) is 0 Å². The van der Waals surface area contributed by atoms with Gasteiger partial charge in [0.1, 0.15) is 0 Å². The van der Waals surface area contributed by atoms with Crippen molar-refractivity contribution in [3.8, 4) is 0 Å². The van der Waals surface area contributed by atoms with Gasteiger partial charge >= 0.3 is 0 Å². The maximum atomic E-state index is 5.48. The van der Waals surface area contributed by atoms with Gasteiger partial charge in [-0.05, 0) is 24.7 Å². The van der Waals surface area contributed by atoms with Crippen LogP contribution in [0.5, 0.6) is 0 Å². The van der Waals surface area contributed by atoms with E-state index in [1.54, 1.807) is 0 Å². The van der Waals surface area contributed by atoms with Gasteiger partial charge in [0.15, 0.2) is 0 Å². The van der Waals surface area contributed by atoms with Crippen LogP contribution in [0.4, 0.5) is 0 Å². The van der Waals surface area contributed by atoms with Crippen LogP contribution in [0.3, 0.4) is 0 Å². The normalized spacial score (nSPS) is 30.5. The third-order valence-electron chi connectivity index (χ3n) is 3.02. The molecule has 0 aliphatic carbocycles. The molecule has 2 rings (SSSR count). The summed E-state index contributed by atoms with van der Waals surface area (Å²) in [6.07, 6.45) is 5.33. The fourth-order valence-electron chi connectivity index (χ4n) is 2.05. The number of nitrogens with one attached hydrogen (secondary N) is 1. The lowest BCUT2D eigenvalue weighted by Crippen LogP contribution is -2.54. The zero-order chi connectivity index (χ0) is 7.57. The van der Waals surface area contributed by atoms with Crippen LogP contribution < -0.4 is 5.32 Å². The Bertz CT molecular complexity index is 122. The van der Waals surface area contributed by atoms with E-state index >= 15 is 0 Å². The van der Waals surface area contributed by atoms with E-state index in [2.05, 4.69) is 5.32 Å². The molecule has 2 heterocycles. The summed E-state index contributed by atoms with van der Waals surface area (Å²) in [7, 11) is 0. The molecule has 64 valence electrons. The predicted molar refractivity (Wildman–Crippen MR) is 44.6 cm³/mol. The topological polar surface area (TPSA) is 21.3 Å². The fourth-order valence-corrected chi connectivity index (χ4v) is 2.05. The summed E-state index contributed by atoms with van der Waals surface area (Å²) >= 11 is 0. The van der Waals surface area contributed by atoms with E-state index in [-0.39, 0.29) is 0 Å². The van der Waals surface area contributed by atoms with Gasteiger partial charge in [0.25, 0.3) is 0 Å². The molecular weight excluding hydrogens is 138 g/mol. The Hall–Kier alpha value is -0.0800. The predicted octanol–water partition coefficient (Wildman–Crippen LogP) is 1.17. The van der Waals surface area contributed by atoms with Gasteiger partial charge in [-0.15, -0.1) is 0 Å². The van der Waals surface area contributed by atoms with E-state index < -0.39 is 0 Å². The average Bonchev–Trinajstić information content (AvgIpc) is 1.82. The molecule has 11 heavy (non-hydrogen) atoms. The van der Waals surface area contributed by atoms with Gasteiger partial charge in [-0.25, -0.2) is 0 Å². The van der Waals surface area contributed by atoms with Crippen LogP contribution in [-0.4, -0.2) is 26.3 Å². The van der Waals surface area contributed by atoms with Crippen molar-refractivity contribution in [2.45, 2.75) is 25.7 Å². The molecule has 0 bridgehead atoms. The van der Waals surface area contributed by atoms with Crippen LogP contribution >= 0.6 is 0 Å². The highest BCUT2D eigenvalue weighted by Gasteiger charge is 2.36. The first-order valence-electron chi connectivity index (χ1n) is 4.70. The van der Waals surface area contributed by atoms with E-state index in [1.165, 1.54) is 38.8 Å². The Labute approximate surface area is 68.3 Å². The maximum Gasteiger partial charge on any atom is 0.0472 e. The molecule has 0 aromatic carbocycles. The molecule has 0 aromatic rings. The Balaban J connectivity index is 1.86. The average molecular weight is 155 g/mol. The molecule has 0 saturated carbocycles. The maximum absolute atomic E-state index is 5.48. The Kier molecular flexibility index (Phi) is 2.14. The zero-order valence-electron chi connectivity index (χ0n) is 7.07. The summed E-state index contributed by atoms with van der Waals surface area (Å²) in [5.74, 6) is 0. The quantitative estimate of drug-likeness (QED) is 0.567. The summed E-state index contributed by atoms with van der Waals surface area (Å²) in [6.45, 7) is 4.44.